The van der Waals surface area contributed by atoms with E-state index in [1.807, 2.05) is 18.3 Å². The molecule has 214 valence electrons. The molecule has 4 rings (SSSR count). The van der Waals surface area contributed by atoms with Gasteiger partial charge < -0.3 is 14.9 Å². The number of aryl methyl sites for hydroxylation is 1. The van der Waals surface area contributed by atoms with Gasteiger partial charge in [0.1, 0.15) is 23.7 Å². The Morgan fingerprint density at radius 2 is 1.95 bits per heavy atom. The lowest BCUT2D eigenvalue weighted by molar-refractivity contribution is -0.866. The molecule has 1 aliphatic carbocycles. The van der Waals surface area contributed by atoms with Crippen molar-refractivity contribution in [2.75, 3.05) is 13.3 Å². The van der Waals surface area contributed by atoms with Crippen LogP contribution in [0, 0.1) is 11.8 Å². The number of unbranched alkanes of at least 4 members (excludes halogenated alkanes) is 1. The molecule has 6 nitrogen and oxygen atoms in total. The predicted molar refractivity (Wildman–Crippen MR) is 156 cm³/mol. The number of allylic oxidation sites excluding steroid dienone is 2. The first-order valence-corrected chi connectivity index (χ1v) is 15.3. The van der Waals surface area contributed by atoms with Crippen molar-refractivity contribution in [3.8, 4) is 11.5 Å². The zero-order valence-electron chi connectivity index (χ0n) is 24.1. The number of rotatable bonds is 16. The molecule has 0 bridgehead atoms. The molecule has 6 heteroatoms. The third-order valence-electron chi connectivity index (χ3n) is 8.59. The average Bonchev–Trinajstić information content (AvgIpc) is 3.50. The molecule has 2 heterocycles. The minimum absolute atomic E-state index is 0.0913. The summed E-state index contributed by atoms with van der Waals surface area (Å²) in [5, 5.41) is 20.8. The number of nitrogens with one attached hydrogen (secondary N) is 1. The van der Waals surface area contributed by atoms with Crippen molar-refractivity contribution in [3.63, 3.8) is 0 Å². The van der Waals surface area contributed by atoms with Crippen molar-refractivity contribution in [2.45, 2.75) is 110 Å². The van der Waals surface area contributed by atoms with Crippen LogP contribution in [-0.4, -0.2) is 41.1 Å². The fourth-order valence-corrected chi connectivity index (χ4v) is 6.20. The first kappa shape index (κ1) is 29.5. The molecule has 3 aliphatic rings. The number of carbonyl (C=O) groups is 1. The van der Waals surface area contributed by atoms with E-state index in [0.29, 0.717) is 37.7 Å². The Balaban J connectivity index is 1.19. The second-order valence-corrected chi connectivity index (χ2v) is 12.3. The van der Waals surface area contributed by atoms with Crippen LogP contribution < -0.4 is 9.64 Å². The van der Waals surface area contributed by atoms with Crippen molar-refractivity contribution in [1.82, 2.24) is 0 Å². The number of aliphatic imine (C=N–C) groups is 1. The molecule has 39 heavy (non-hydrogen) atoms. The summed E-state index contributed by atoms with van der Waals surface area (Å²) < 4.78 is 6.11. The minimum atomic E-state index is -0.538. The fourth-order valence-electron chi connectivity index (χ4n) is 6.20. The molecular weight excluding hydrogens is 488 g/mol. The van der Waals surface area contributed by atoms with Crippen molar-refractivity contribution in [2.24, 2.45) is 16.8 Å². The monoisotopic (exact) mass is 537 g/mol. The number of carbonyl (C=O) groups excluding carboxylic acids is 1. The van der Waals surface area contributed by atoms with Crippen LogP contribution in [0.2, 0.25) is 0 Å². The molecule has 0 spiro atoms. The van der Waals surface area contributed by atoms with Crippen molar-refractivity contribution < 1.29 is 24.6 Å². The number of phenols is 1. The van der Waals surface area contributed by atoms with Gasteiger partial charge in [-0.1, -0.05) is 71.3 Å². The summed E-state index contributed by atoms with van der Waals surface area (Å²) in [6, 6.07) is 5.34. The maximum atomic E-state index is 12.5. The molecule has 2 aliphatic heterocycles. The number of Topliss-reactive ketones (excluding diaryl/α,β-unsaturated/α-hetero) is 1. The van der Waals surface area contributed by atoms with E-state index in [-0.39, 0.29) is 18.0 Å². The van der Waals surface area contributed by atoms with E-state index in [9.17, 15) is 15.0 Å². The van der Waals surface area contributed by atoms with E-state index in [4.69, 9.17) is 4.74 Å². The van der Waals surface area contributed by atoms with Crippen LogP contribution in [0.25, 0.3) is 0 Å². The highest BCUT2D eigenvalue weighted by molar-refractivity contribution is 6.07. The highest BCUT2D eigenvalue weighted by Crippen LogP contribution is 2.29. The molecule has 1 aromatic rings. The van der Waals surface area contributed by atoms with E-state index in [1.54, 1.807) is 6.07 Å². The van der Waals surface area contributed by atoms with Gasteiger partial charge in [-0.2, -0.15) is 0 Å². The molecular formula is C33H49N2O4+. The number of hydrogen-bond donors (Lipinski definition) is 3. The van der Waals surface area contributed by atoms with Gasteiger partial charge in [-0.25, -0.2) is 0 Å². The van der Waals surface area contributed by atoms with Gasteiger partial charge in [0.2, 0.25) is 6.73 Å². The Morgan fingerprint density at radius 3 is 2.74 bits per heavy atom. The third kappa shape index (κ3) is 9.04. The van der Waals surface area contributed by atoms with Gasteiger partial charge in [0.15, 0.2) is 11.5 Å². The fraction of sp³-hybridized carbons (Fsp3) is 0.636. The summed E-state index contributed by atoms with van der Waals surface area (Å²) in [5.41, 5.74) is 4.66. The molecule has 3 N–H and O–H groups in total. The van der Waals surface area contributed by atoms with E-state index >= 15 is 0 Å². The largest absolute Gasteiger partial charge is 0.504 e. The quantitative estimate of drug-likeness (QED) is 0.237. The summed E-state index contributed by atoms with van der Waals surface area (Å²) in [6.45, 7) is 5.70. The van der Waals surface area contributed by atoms with Gasteiger partial charge in [-0.05, 0) is 54.9 Å². The number of fused-ring (bicyclic) bond motifs is 1. The molecule has 2 atom stereocenters. The number of phenolic OH excluding ortho intramolecular Hbond substituents is 1. The van der Waals surface area contributed by atoms with Crippen molar-refractivity contribution in [1.29, 1.82) is 0 Å². The van der Waals surface area contributed by atoms with Gasteiger partial charge >= 0.3 is 0 Å². The van der Waals surface area contributed by atoms with Crippen molar-refractivity contribution in [3.05, 3.63) is 47.3 Å². The Kier molecular flexibility index (Phi) is 11.2. The highest BCUT2D eigenvalue weighted by Gasteiger charge is 2.33. The molecule has 1 saturated carbocycles. The summed E-state index contributed by atoms with van der Waals surface area (Å²) in [6.07, 6.45) is 17.8. The van der Waals surface area contributed by atoms with Crippen LogP contribution in [0.4, 0.5) is 0 Å². The Bertz CT molecular complexity index is 1050. The number of hydrogen-bond acceptors (Lipinski definition) is 5. The zero-order valence-corrected chi connectivity index (χ0v) is 24.1. The van der Waals surface area contributed by atoms with E-state index in [1.165, 1.54) is 54.7 Å². The lowest BCUT2D eigenvalue weighted by Crippen LogP contribution is -3.10. The van der Waals surface area contributed by atoms with Crippen LogP contribution in [0.15, 0.2) is 46.7 Å². The summed E-state index contributed by atoms with van der Waals surface area (Å²) in [4.78, 5) is 18.3. The molecule has 0 aromatic heterocycles. The third-order valence-corrected chi connectivity index (χ3v) is 8.59. The number of benzene rings is 1. The van der Waals surface area contributed by atoms with E-state index < -0.39 is 6.10 Å². The number of ether oxygens (including phenoxy) is 1. The normalized spacial score (nSPS) is 20.0. The van der Waals surface area contributed by atoms with Gasteiger partial charge in [0.25, 0.3) is 0 Å². The summed E-state index contributed by atoms with van der Waals surface area (Å²) >= 11 is 0. The number of ketones is 1. The second kappa shape index (κ2) is 14.8. The van der Waals surface area contributed by atoms with Crippen LogP contribution in [0.1, 0.15) is 103 Å². The molecule has 0 radical (unpaired) electrons. The van der Waals surface area contributed by atoms with Crippen LogP contribution in [0.3, 0.4) is 0 Å². The Labute approximate surface area is 234 Å². The number of aliphatic hydroxyl groups excluding tert-OH is 1. The van der Waals surface area contributed by atoms with Crippen molar-refractivity contribution >= 4 is 11.5 Å². The second-order valence-electron chi connectivity index (χ2n) is 12.3. The lowest BCUT2D eigenvalue weighted by atomic mass is 9.85. The van der Waals surface area contributed by atoms with Gasteiger partial charge in [-0.3, -0.25) is 14.7 Å². The summed E-state index contributed by atoms with van der Waals surface area (Å²) in [5.74, 6) is 2.16. The van der Waals surface area contributed by atoms with Gasteiger partial charge in [0, 0.05) is 25.5 Å². The van der Waals surface area contributed by atoms with Gasteiger partial charge in [0.05, 0.1) is 11.7 Å². The van der Waals surface area contributed by atoms with E-state index in [0.717, 1.165) is 49.4 Å². The standard InChI is InChI=1S/C33H48N2O4/c1-24(2)12-16-31-29-18-19-34-30(29)22-35(31)23-39-33-20-26(14-17-32(33)38)13-15-28(37)21-27(36)11-7-6-10-25-8-4-3-5-9-25/h14,17-20,24-25,27,36,38H,3-13,15-16,21-23H2,1-2H3/p+1. The lowest BCUT2D eigenvalue weighted by Gasteiger charge is -2.21. The maximum absolute atomic E-state index is 12.5. The average molecular weight is 538 g/mol. The first-order chi connectivity index (χ1) is 18.9. The highest BCUT2D eigenvalue weighted by atomic mass is 16.5. The molecule has 0 amide bonds. The summed E-state index contributed by atoms with van der Waals surface area (Å²) in [7, 11) is 0. The maximum Gasteiger partial charge on any atom is 0.227 e. The minimum Gasteiger partial charge on any atom is -0.504 e. The van der Waals surface area contributed by atoms with Crippen LogP contribution in [0.5, 0.6) is 11.5 Å². The topological polar surface area (TPSA) is 83.6 Å². The Morgan fingerprint density at radius 1 is 1.13 bits per heavy atom. The number of aromatic hydroxyl groups is 1. The number of aliphatic hydroxyl groups is 1. The van der Waals surface area contributed by atoms with Gasteiger partial charge in [-0.15, -0.1) is 0 Å². The zero-order chi connectivity index (χ0) is 27.6. The predicted octanol–water partition coefficient (Wildman–Crippen LogP) is 5.68. The van der Waals surface area contributed by atoms with Crippen LogP contribution >= 0.6 is 0 Å². The molecule has 0 saturated heterocycles. The number of nitrogens with zero attached hydrogens (tertiary/aromatic N) is 1. The molecule has 1 aromatic carbocycles. The van der Waals surface area contributed by atoms with E-state index in [2.05, 4.69) is 24.9 Å². The first-order valence-electron chi connectivity index (χ1n) is 15.3. The number of quaternary nitrogens is 1. The molecule has 1 fully saturated rings. The SMILES string of the molecule is CC(C)CCC1=C2C=CN=C2C[NH+]1COc1cc(CCC(=O)CC(O)CCCCC2CCCCC2)ccc1O. The Hall–Kier alpha value is -2.44. The smallest absolute Gasteiger partial charge is 0.227 e. The molecule has 2 unspecified atom stereocenters. The van der Waals surface area contributed by atoms with Crippen LogP contribution in [-0.2, 0) is 11.2 Å².